The number of aliphatic carboxylic acids is 1. The van der Waals surface area contributed by atoms with Crippen LogP contribution in [-0.2, 0) is 4.79 Å². The molecule has 0 radical (unpaired) electrons. The molecule has 2 nitrogen and oxygen atoms in total. The molecule has 0 aliphatic heterocycles. The van der Waals surface area contributed by atoms with Gasteiger partial charge in [0.15, 0.2) is 0 Å². The Morgan fingerprint density at radius 2 is 1.50 bits per heavy atom. The molecule has 0 amide bonds. The molecule has 0 aliphatic carbocycles. The fourth-order valence-electron chi connectivity index (χ4n) is 2.90. The molecular formula is C22H40O2. The molecule has 0 saturated heterocycles. The summed E-state index contributed by atoms with van der Waals surface area (Å²) in [7, 11) is 0. The molecule has 0 spiro atoms. The highest BCUT2D eigenvalue weighted by molar-refractivity contribution is 5.70. The zero-order valence-corrected chi connectivity index (χ0v) is 16.6. The first-order chi connectivity index (χ1) is 11.5. The summed E-state index contributed by atoms with van der Waals surface area (Å²) >= 11 is 0. The Labute approximate surface area is 150 Å². The van der Waals surface area contributed by atoms with Crippen molar-refractivity contribution >= 4 is 5.97 Å². The predicted octanol–water partition coefficient (Wildman–Crippen LogP) is 7.30. The summed E-state index contributed by atoms with van der Waals surface area (Å²) in [4.78, 5) is 11.4. The van der Waals surface area contributed by atoms with E-state index in [1.54, 1.807) is 0 Å². The summed E-state index contributed by atoms with van der Waals surface area (Å²) in [6.45, 7) is 8.59. The van der Waals surface area contributed by atoms with E-state index in [2.05, 4.69) is 39.8 Å². The fraction of sp³-hybridized carbons (Fsp3) is 0.773. The number of unbranched alkanes of at least 4 members (excludes halogenated alkanes) is 7. The summed E-state index contributed by atoms with van der Waals surface area (Å²) in [5.74, 6) is -0.838. The van der Waals surface area contributed by atoms with Gasteiger partial charge in [-0.2, -0.15) is 0 Å². The third-order valence-corrected chi connectivity index (χ3v) is 4.60. The molecule has 0 aliphatic rings. The Hall–Kier alpha value is -1.05. The Balaban J connectivity index is 3.92. The van der Waals surface area contributed by atoms with Crippen molar-refractivity contribution in [2.24, 2.45) is 5.92 Å². The zero-order valence-electron chi connectivity index (χ0n) is 16.6. The standard InChI is InChI=1S/C22H40O2/c1-5-6-7-8-9-10-11-12-16-21(22(23)24)18-17-20(4)15-13-14-19(2)3/h14,17,21H,5-13,15-16,18H2,1-4H3,(H,23,24). The molecular weight excluding hydrogens is 296 g/mol. The van der Waals surface area contributed by atoms with E-state index in [1.807, 2.05) is 0 Å². The maximum Gasteiger partial charge on any atom is 0.306 e. The maximum atomic E-state index is 11.4. The molecule has 0 heterocycles. The van der Waals surface area contributed by atoms with Crippen LogP contribution in [-0.4, -0.2) is 11.1 Å². The van der Waals surface area contributed by atoms with E-state index >= 15 is 0 Å². The van der Waals surface area contributed by atoms with Crippen molar-refractivity contribution in [2.45, 2.75) is 105 Å². The first kappa shape index (κ1) is 22.9. The topological polar surface area (TPSA) is 37.3 Å². The SMILES string of the molecule is CCCCCCCCCCC(CC=C(C)CCC=C(C)C)C(=O)O. The van der Waals surface area contributed by atoms with Gasteiger partial charge in [0, 0.05) is 0 Å². The van der Waals surface area contributed by atoms with Gasteiger partial charge in [-0.05, 0) is 46.5 Å². The van der Waals surface area contributed by atoms with Crippen molar-refractivity contribution in [2.75, 3.05) is 0 Å². The smallest absolute Gasteiger partial charge is 0.306 e. The van der Waals surface area contributed by atoms with E-state index in [0.29, 0.717) is 6.42 Å². The normalized spacial score (nSPS) is 12.9. The zero-order chi connectivity index (χ0) is 18.2. The van der Waals surface area contributed by atoms with Crippen LogP contribution in [0.2, 0.25) is 0 Å². The maximum absolute atomic E-state index is 11.4. The quantitative estimate of drug-likeness (QED) is 0.251. The van der Waals surface area contributed by atoms with Crippen LogP contribution >= 0.6 is 0 Å². The van der Waals surface area contributed by atoms with Crippen LogP contribution < -0.4 is 0 Å². The summed E-state index contributed by atoms with van der Waals surface area (Å²) in [6, 6.07) is 0. The molecule has 1 N–H and O–H groups in total. The van der Waals surface area contributed by atoms with Crippen molar-refractivity contribution in [1.82, 2.24) is 0 Å². The molecule has 140 valence electrons. The van der Waals surface area contributed by atoms with E-state index < -0.39 is 5.97 Å². The first-order valence-electron chi connectivity index (χ1n) is 9.99. The van der Waals surface area contributed by atoms with Crippen LogP contribution in [0.5, 0.6) is 0 Å². The van der Waals surface area contributed by atoms with Crippen molar-refractivity contribution in [3.63, 3.8) is 0 Å². The lowest BCUT2D eigenvalue weighted by Crippen LogP contribution is -2.12. The monoisotopic (exact) mass is 336 g/mol. The predicted molar refractivity (Wildman–Crippen MR) is 105 cm³/mol. The second-order valence-electron chi connectivity index (χ2n) is 7.41. The number of rotatable bonds is 15. The van der Waals surface area contributed by atoms with Crippen LogP contribution in [0, 0.1) is 5.92 Å². The van der Waals surface area contributed by atoms with Crippen molar-refractivity contribution in [3.05, 3.63) is 23.3 Å². The number of carbonyl (C=O) groups is 1. The molecule has 0 aromatic heterocycles. The van der Waals surface area contributed by atoms with Gasteiger partial charge in [0.25, 0.3) is 0 Å². The summed E-state index contributed by atoms with van der Waals surface area (Å²) in [5.41, 5.74) is 2.66. The molecule has 0 fully saturated rings. The number of hydrogen-bond donors (Lipinski definition) is 1. The van der Waals surface area contributed by atoms with Crippen molar-refractivity contribution < 1.29 is 9.90 Å². The van der Waals surface area contributed by atoms with E-state index in [4.69, 9.17) is 0 Å². The van der Waals surface area contributed by atoms with Crippen LogP contribution in [0.4, 0.5) is 0 Å². The molecule has 1 atom stereocenters. The summed E-state index contributed by atoms with van der Waals surface area (Å²) < 4.78 is 0. The summed E-state index contributed by atoms with van der Waals surface area (Å²) in [6.07, 6.45) is 18.1. The van der Waals surface area contributed by atoms with Crippen LogP contribution in [0.1, 0.15) is 105 Å². The lowest BCUT2D eigenvalue weighted by molar-refractivity contribution is -0.141. The van der Waals surface area contributed by atoms with Gasteiger partial charge >= 0.3 is 5.97 Å². The lowest BCUT2D eigenvalue weighted by Gasteiger charge is -2.10. The van der Waals surface area contributed by atoms with Crippen LogP contribution in [0.25, 0.3) is 0 Å². The van der Waals surface area contributed by atoms with Crippen LogP contribution in [0.15, 0.2) is 23.3 Å². The van der Waals surface area contributed by atoms with Gasteiger partial charge in [0.1, 0.15) is 0 Å². The van der Waals surface area contributed by atoms with Gasteiger partial charge in [-0.15, -0.1) is 0 Å². The minimum absolute atomic E-state index is 0.205. The van der Waals surface area contributed by atoms with Crippen molar-refractivity contribution in [3.8, 4) is 0 Å². The lowest BCUT2D eigenvalue weighted by atomic mass is 9.95. The van der Waals surface area contributed by atoms with Gasteiger partial charge in [-0.25, -0.2) is 0 Å². The number of allylic oxidation sites excluding steroid dienone is 4. The van der Waals surface area contributed by atoms with Crippen LogP contribution in [0.3, 0.4) is 0 Å². The highest BCUT2D eigenvalue weighted by atomic mass is 16.4. The number of hydrogen-bond acceptors (Lipinski definition) is 1. The van der Waals surface area contributed by atoms with E-state index in [0.717, 1.165) is 25.7 Å². The average molecular weight is 337 g/mol. The van der Waals surface area contributed by atoms with E-state index in [-0.39, 0.29) is 5.92 Å². The summed E-state index contributed by atoms with van der Waals surface area (Å²) in [5, 5.41) is 9.40. The van der Waals surface area contributed by atoms with Gasteiger partial charge in [-0.1, -0.05) is 81.6 Å². The highest BCUT2D eigenvalue weighted by Gasteiger charge is 2.15. The van der Waals surface area contributed by atoms with E-state index in [9.17, 15) is 9.90 Å². The fourth-order valence-corrected chi connectivity index (χ4v) is 2.90. The van der Waals surface area contributed by atoms with Gasteiger partial charge in [-0.3, -0.25) is 4.79 Å². The molecule has 0 bridgehead atoms. The van der Waals surface area contributed by atoms with E-state index in [1.165, 1.54) is 56.1 Å². The van der Waals surface area contributed by atoms with Crippen molar-refractivity contribution in [1.29, 1.82) is 0 Å². The average Bonchev–Trinajstić information content (AvgIpc) is 2.52. The second-order valence-corrected chi connectivity index (χ2v) is 7.41. The largest absolute Gasteiger partial charge is 0.481 e. The number of carboxylic acid groups (broad SMARTS) is 1. The Morgan fingerprint density at radius 3 is 2.04 bits per heavy atom. The Kier molecular flexibility index (Phi) is 14.8. The van der Waals surface area contributed by atoms with Gasteiger partial charge in [0.2, 0.25) is 0 Å². The number of carboxylic acids is 1. The van der Waals surface area contributed by atoms with Gasteiger partial charge < -0.3 is 5.11 Å². The molecule has 24 heavy (non-hydrogen) atoms. The first-order valence-corrected chi connectivity index (χ1v) is 9.99. The molecule has 0 aromatic carbocycles. The molecule has 0 aromatic rings. The van der Waals surface area contributed by atoms with Gasteiger partial charge in [0.05, 0.1) is 5.92 Å². The highest BCUT2D eigenvalue weighted by Crippen LogP contribution is 2.18. The third kappa shape index (κ3) is 14.5. The molecule has 0 rings (SSSR count). The third-order valence-electron chi connectivity index (χ3n) is 4.60. The minimum Gasteiger partial charge on any atom is -0.481 e. The second kappa shape index (κ2) is 15.5. The molecule has 2 heteroatoms. The molecule has 0 saturated carbocycles. The Bertz CT molecular complexity index is 375. The Morgan fingerprint density at radius 1 is 0.917 bits per heavy atom. The molecule has 1 unspecified atom stereocenters. The minimum atomic E-state index is -0.633.